The Kier molecular flexibility index (Phi) is 6.19. The fourth-order valence-corrected chi connectivity index (χ4v) is 4.96. The molecular weight excluding hydrogens is 380 g/mol. The zero-order valence-electron chi connectivity index (χ0n) is 16.7. The van der Waals surface area contributed by atoms with Crippen molar-refractivity contribution in [2.45, 2.75) is 18.9 Å². The molecule has 1 aliphatic heterocycles. The molecule has 0 radical (unpaired) electrons. The predicted molar refractivity (Wildman–Crippen MR) is 120 cm³/mol. The molecule has 5 heteroatoms. The summed E-state index contributed by atoms with van der Waals surface area (Å²) in [6.45, 7) is 6.46. The van der Waals surface area contributed by atoms with Gasteiger partial charge in [0.05, 0.1) is 11.8 Å². The zero-order valence-corrected chi connectivity index (χ0v) is 17.6. The van der Waals surface area contributed by atoms with Gasteiger partial charge in [-0.2, -0.15) is 0 Å². The van der Waals surface area contributed by atoms with E-state index in [1.165, 1.54) is 10.4 Å². The Hall–Kier alpha value is -2.34. The molecule has 0 aliphatic carbocycles. The van der Waals surface area contributed by atoms with Crippen molar-refractivity contribution in [3.05, 3.63) is 82.0 Å². The smallest absolute Gasteiger partial charge is 0.138 e. The van der Waals surface area contributed by atoms with Crippen LogP contribution in [0.1, 0.15) is 28.0 Å². The minimum atomic E-state index is -0.523. The largest absolute Gasteiger partial charge is 0.506 e. The molecule has 152 valence electrons. The number of phenols is 1. The number of aryl methyl sites for hydroxylation is 1. The lowest BCUT2D eigenvalue weighted by Crippen LogP contribution is -2.48. The van der Waals surface area contributed by atoms with Gasteiger partial charge in [0, 0.05) is 43.5 Å². The lowest BCUT2D eigenvalue weighted by molar-refractivity contribution is 0.115. The van der Waals surface area contributed by atoms with Gasteiger partial charge in [-0.3, -0.25) is 4.90 Å². The van der Waals surface area contributed by atoms with Gasteiger partial charge in [-0.05, 0) is 36.1 Å². The summed E-state index contributed by atoms with van der Waals surface area (Å²) in [5, 5.41) is 23.4. The van der Waals surface area contributed by atoms with Crippen LogP contribution in [0.4, 0.5) is 5.69 Å². The number of benzene rings is 2. The average molecular weight is 409 g/mol. The molecule has 2 aromatic carbocycles. The molecule has 0 amide bonds. The Labute approximate surface area is 176 Å². The average Bonchev–Trinajstić information content (AvgIpc) is 3.27. The van der Waals surface area contributed by atoms with Crippen LogP contribution in [0.15, 0.2) is 66.0 Å². The van der Waals surface area contributed by atoms with E-state index in [9.17, 15) is 10.2 Å². The Morgan fingerprint density at radius 3 is 2.45 bits per heavy atom. The minimum absolute atomic E-state index is 0.0495. The number of hydrogen-bond donors (Lipinski definition) is 2. The summed E-state index contributed by atoms with van der Waals surface area (Å²) in [7, 11) is 0. The van der Waals surface area contributed by atoms with E-state index in [0.717, 1.165) is 44.0 Å². The molecule has 3 aromatic rings. The van der Waals surface area contributed by atoms with Gasteiger partial charge in [0.15, 0.2) is 0 Å². The second-order valence-corrected chi connectivity index (χ2v) is 8.74. The Morgan fingerprint density at radius 2 is 1.76 bits per heavy atom. The maximum Gasteiger partial charge on any atom is 0.138 e. The van der Waals surface area contributed by atoms with Crippen molar-refractivity contribution in [1.82, 2.24) is 4.90 Å². The molecule has 4 nitrogen and oxygen atoms in total. The lowest BCUT2D eigenvalue weighted by Gasteiger charge is -2.38. The van der Waals surface area contributed by atoms with Gasteiger partial charge in [-0.1, -0.05) is 48.0 Å². The maximum absolute atomic E-state index is 11.2. The summed E-state index contributed by atoms with van der Waals surface area (Å²) in [5.41, 5.74) is 3.06. The molecule has 1 aromatic heterocycles. The highest BCUT2D eigenvalue weighted by Gasteiger charge is 2.28. The van der Waals surface area contributed by atoms with Crippen molar-refractivity contribution >= 4 is 17.0 Å². The number of aliphatic hydroxyl groups is 1. The summed E-state index contributed by atoms with van der Waals surface area (Å²) < 4.78 is 0. The number of aromatic hydroxyl groups is 1. The van der Waals surface area contributed by atoms with Crippen LogP contribution in [0, 0.1) is 6.92 Å². The van der Waals surface area contributed by atoms with Crippen molar-refractivity contribution in [2.75, 3.05) is 37.6 Å². The highest BCUT2D eigenvalue weighted by Crippen LogP contribution is 2.35. The van der Waals surface area contributed by atoms with Crippen molar-refractivity contribution < 1.29 is 10.2 Å². The summed E-state index contributed by atoms with van der Waals surface area (Å²) >= 11 is 1.72. The quantitative estimate of drug-likeness (QED) is 0.635. The number of nitrogens with zero attached hydrogens (tertiary/aromatic N) is 2. The van der Waals surface area contributed by atoms with Crippen molar-refractivity contribution in [3.8, 4) is 5.75 Å². The first kappa shape index (κ1) is 20.0. The van der Waals surface area contributed by atoms with Crippen LogP contribution in [0.25, 0.3) is 0 Å². The number of hydrogen-bond acceptors (Lipinski definition) is 5. The van der Waals surface area contributed by atoms with Gasteiger partial charge in [-0.25, -0.2) is 0 Å². The normalized spacial score (nSPS) is 17.2. The van der Waals surface area contributed by atoms with Crippen LogP contribution in [-0.4, -0.2) is 47.8 Å². The number of anilines is 1. The molecule has 2 atom stereocenters. The molecule has 0 saturated carbocycles. The van der Waals surface area contributed by atoms with Crippen LogP contribution in [0.2, 0.25) is 0 Å². The molecule has 0 bridgehead atoms. The number of thiophene rings is 1. The minimum Gasteiger partial charge on any atom is -0.506 e. The fourth-order valence-electron chi connectivity index (χ4n) is 4.12. The topological polar surface area (TPSA) is 46.9 Å². The summed E-state index contributed by atoms with van der Waals surface area (Å²) in [5.74, 6) is 0.390. The van der Waals surface area contributed by atoms with Gasteiger partial charge in [0.2, 0.25) is 0 Å². The van der Waals surface area contributed by atoms with Gasteiger partial charge in [0.25, 0.3) is 0 Å². The third-order valence-electron chi connectivity index (χ3n) is 5.72. The first-order valence-corrected chi connectivity index (χ1v) is 11.0. The Balaban J connectivity index is 1.46. The van der Waals surface area contributed by atoms with Gasteiger partial charge >= 0.3 is 0 Å². The fraction of sp³-hybridized carbons (Fsp3) is 0.333. The van der Waals surface area contributed by atoms with Gasteiger partial charge < -0.3 is 15.1 Å². The molecule has 2 N–H and O–H groups in total. The predicted octanol–water partition coefficient (Wildman–Crippen LogP) is 4.40. The third kappa shape index (κ3) is 4.64. The van der Waals surface area contributed by atoms with Gasteiger partial charge in [-0.15, -0.1) is 11.3 Å². The van der Waals surface area contributed by atoms with Crippen molar-refractivity contribution in [2.24, 2.45) is 0 Å². The van der Waals surface area contributed by atoms with E-state index in [1.807, 2.05) is 30.3 Å². The second kappa shape index (κ2) is 8.99. The molecule has 1 aliphatic rings. The van der Waals surface area contributed by atoms with E-state index in [4.69, 9.17) is 0 Å². The molecule has 4 rings (SSSR count). The standard InChI is InChI=1S/C24H28N2O2S/c1-18-6-4-7-19(16-18)24(28)20(23-10-5-15-29-23)17-25-11-13-26(14-12-25)21-8-2-3-9-22(21)27/h2-10,15-16,20,24,27-28H,11-14,17H2,1H3. The Morgan fingerprint density at radius 1 is 0.966 bits per heavy atom. The lowest BCUT2D eigenvalue weighted by atomic mass is 9.92. The zero-order chi connectivity index (χ0) is 20.2. The highest BCUT2D eigenvalue weighted by molar-refractivity contribution is 7.10. The molecular formula is C24H28N2O2S. The van der Waals surface area contributed by atoms with Crippen molar-refractivity contribution in [3.63, 3.8) is 0 Å². The number of para-hydroxylation sites is 2. The van der Waals surface area contributed by atoms with E-state index in [1.54, 1.807) is 17.4 Å². The monoisotopic (exact) mass is 408 g/mol. The molecule has 0 spiro atoms. The number of phenolic OH excluding ortho intramolecular Hbond substituents is 1. The van der Waals surface area contributed by atoms with Gasteiger partial charge in [0.1, 0.15) is 5.75 Å². The molecule has 1 fully saturated rings. The van der Waals surface area contributed by atoms with E-state index < -0.39 is 6.10 Å². The number of piperazine rings is 1. The first-order valence-electron chi connectivity index (χ1n) is 10.1. The third-order valence-corrected chi connectivity index (χ3v) is 6.73. The van der Waals surface area contributed by atoms with Crippen LogP contribution in [0.5, 0.6) is 5.75 Å². The Bertz CT molecular complexity index is 920. The molecule has 1 saturated heterocycles. The summed E-state index contributed by atoms with van der Waals surface area (Å²) in [6, 6.07) is 19.9. The SMILES string of the molecule is Cc1cccc(C(O)C(CN2CCN(c3ccccc3O)CC2)c2cccs2)c1. The molecule has 2 heterocycles. The molecule has 29 heavy (non-hydrogen) atoms. The van der Waals surface area contributed by atoms with E-state index in [-0.39, 0.29) is 5.92 Å². The number of aliphatic hydroxyl groups excluding tert-OH is 1. The summed E-state index contributed by atoms with van der Waals surface area (Å²) in [4.78, 5) is 5.89. The van der Waals surface area contributed by atoms with E-state index >= 15 is 0 Å². The maximum atomic E-state index is 11.2. The van der Waals surface area contributed by atoms with E-state index in [0.29, 0.717) is 5.75 Å². The van der Waals surface area contributed by atoms with Crippen LogP contribution in [0.3, 0.4) is 0 Å². The highest BCUT2D eigenvalue weighted by atomic mass is 32.1. The van der Waals surface area contributed by atoms with E-state index in [2.05, 4.69) is 46.4 Å². The first-order chi connectivity index (χ1) is 14.1. The van der Waals surface area contributed by atoms with Crippen LogP contribution in [-0.2, 0) is 0 Å². The molecule has 2 unspecified atom stereocenters. The second-order valence-electron chi connectivity index (χ2n) is 7.76. The van der Waals surface area contributed by atoms with Crippen molar-refractivity contribution in [1.29, 1.82) is 0 Å². The number of rotatable bonds is 6. The van der Waals surface area contributed by atoms with Crippen LogP contribution < -0.4 is 4.90 Å². The van der Waals surface area contributed by atoms with Crippen LogP contribution >= 0.6 is 11.3 Å². The summed E-state index contributed by atoms with van der Waals surface area (Å²) in [6.07, 6.45) is -0.523.